The molecule has 6 nitrogen and oxygen atoms in total. The lowest BCUT2D eigenvalue weighted by Crippen LogP contribution is -2.50. The standard InChI is InChI=1S/C37H41F6N3O3.ClH/c1-3-6-28(7-4-2)46-13-10-29-30(19-27(40)20-31(29)35(46)49)34(48)45-32(16-22-14-25(38)18-26(39)15-22)33(47)21-44-36(11-12-36)23-8-5-9-24(17-23)37(41,42)43;/h5,8-9,14-15,17-20,28,32-33,44,47H,3-4,6-7,10-13,16,21H2,1-2H3,(H,45,48);1H/t32-,33+;/m0./s1. The Labute approximate surface area is 294 Å². The quantitative estimate of drug-likeness (QED) is 0.151. The minimum Gasteiger partial charge on any atom is -0.390 e. The summed E-state index contributed by atoms with van der Waals surface area (Å²) >= 11 is 0. The highest BCUT2D eigenvalue weighted by molar-refractivity contribution is 6.03. The van der Waals surface area contributed by atoms with Crippen LogP contribution in [0.1, 0.15) is 95.3 Å². The molecule has 3 N–H and O–H groups in total. The third-order valence-corrected chi connectivity index (χ3v) is 9.54. The molecule has 2 amide bonds. The van der Waals surface area contributed by atoms with Gasteiger partial charge in [-0.05, 0) is 91.6 Å². The first kappa shape index (κ1) is 39.2. The number of carbonyl (C=O) groups is 2. The second-order valence-corrected chi connectivity index (χ2v) is 13.1. The number of amides is 2. The highest BCUT2D eigenvalue weighted by Crippen LogP contribution is 2.46. The van der Waals surface area contributed by atoms with Gasteiger partial charge >= 0.3 is 6.18 Å². The van der Waals surface area contributed by atoms with Crippen LogP contribution in [0.3, 0.4) is 0 Å². The summed E-state index contributed by atoms with van der Waals surface area (Å²) in [5, 5.41) is 17.2. The van der Waals surface area contributed by atoms with E-state index >= 15 is 4.39 Å². The number of aliphatic hydroxyl groups is 1. The molecule has 0 bridgehead atoms. The number of fused-ring (bicyclic) bond motifs is 1. The average Bonchev–Trinajstić information content (AvgIpc) is 3.84. The second kappa shape index (κ2) is 16.2. The van der Waals surface area contributed by atoms with Crippen molar-refractivity contribution in [3.05, 3.63) is 105 Å². The van der Waals surface area contributed by atoms with Crippen LogP contribution in [0.25, 0.3) is 0 Å². The Balaban J connectivity index is 0.00000562. The van der Waals surface area contributed by atoms with Gasteiger partial charge in [-0.15, -0.1) is 12.4 Å². The summed E-state index contributed by atoms with van der Waals surface area (Å²) in [6.07, 6.45) is -1.51. The maximum absolute atomic E-state index is 15.0. The molecule has 0 radical (unpaired) electrons. The van der Waals surface area contributed by atoms with Gasteiger partial charge in [-0.3, -0.25) is 9.59 Å². The Morgan fingerprint density at radius 2 is 1.60 bits per heavy atom. The molecule has 1 saturated carbocycles. The molecule has 0 saturated heterocycles. The molecule has 3 aromatic carbocycles. The number of benzene rings is 3. The van der Waals surface area contributed by atoms with Gasteiger partial charge in [0.15, 0.2) is 0 Å². The van der Waals surface area contributed by atoms with Gasteiger partial charge in [0.05, 0.1) is 17.7 Å². The topological polar surface area (TPSA) is 81.7 Å². The molecule has 1 aliphatic carbocycles. The van der Waals surface area contributed by atoms with E-state index in [1.54, 1.807) is 11.0 Å². The lowest BCUT2D eigenvalue weighted by atomic mass is 9.90. The Hall–Kier alpha value is -3.61. The predicted octanol–water partition coefficient (Wildman–Crippen LogP) is 7.49. The molecule has 2 atom stereocenters. The Kier molecular flexibility index (Phi) is 12.7. The maximum Gasteiger partial charge on any atom is 0.416 e. The first-order valence-electron chi connectivity index (χ1n) is 16.7. The number of halogens is 7. The summed E-state index contributed by atoms with van der Waals surface area (Å²) in [4.78, 5) is 29.1. The van der Waals surface area contributed by atoms with E-state index in [0.717, 1.165) is 62.1 Å². The molecular weight excluding hydrogens is 684 g/mol. The second-order valence-electron chi connectivity index (χ2n) is 13.1. The van der Waals surface area contributed by atoms with Gasteiger partial charge in [0.1, 0.15) is 17.5 Å². The van der Waals surface area contributed by atoms with E-state index in [1.807, 2.05) is 13.8 Å². The summed E-state index contributed by atoms with van der Waals surface area (Å²) in [5.41, 5.74) is -0.721. The number of nitrogens with one attached hydrogen (secondary N) is 2. The van der Waals surface area contributed by atoms with Crippen LogP contribution in [0.4, 0.5) is 26.3 Å². The molecule has 272 valence electrons. The SMILES string of the molecule is CCCC(CCC)N1CCc2c(C(=O)N[C@@H](Cc3cc(F)cc(F)c3)[C@H](O)CNC3(c4cccc(C(F)(F)F)c4)CC3)cc(F)cc2C1=O.Cl. The van der Waals surface area contributed by atoms with Crippen molar-refractivity contribution in [1.82, 2.24) is 15.5 Å². The number of alkyl halides is 3. The monoisotopic (exact) mass is 725 g/mol. The van der Waals surface area contributed by atoms with E-state index in [9.17, 15) is 36.6 Å². The van der Waals surface area contributed by atoms with Crippen molar-refractivity contribution in [2.24, 2.45) is 0 Å². The van der Waals surface area contributed by atoms with Crippen LogP contribution >= 0.6 is 12.4 Å². The minimum absolute atomic E-state index is 0. The van der Waals surface area contributed by atoms with E-state index in [1.165, 1.54) is 6.07 Å². The smallest absolute Gasteiger partial charge is 0.390 e. The van der Waals surface area contributed by atoms with Gasteiger partial charge in [-0.1, -0.05) is 38.8 Å². The molecule has 1 heterocycles. The lowest BCUT2D eigenvalue weighted by molar-refractivity contribution is -0.137. The Morgan fingerprint density at radius 1 is 0.960 bits per heavy atom. The highest BCUT2D eigenvalue weighted by Gasteiger charge is 2.45. The first-order chi connectivity index (χ1) is 23.2. The van der Waals surface area contributed by atoms with Crippen LogP contribution in [0.15, 0.2) is 54.6 Å². The van der Waals surface area contributed by atoms with Crippen LogP contribution in [0.5, 0.6) is 0 Å². The highest BCUT2D eigenvalue weighted by atomic mass is 35.5. The molecular formula is C37H42ClF6N3O3. The van der Waals surface area contributed by atoms with Crippen molar-refractivity contribution in [1.29, 1.82) is 0 Å². The van der Waals surface area contributed by atoms with Crippen LogP contribution in [-0.4, -0.2) is 53.1 Å². The maximum atomic E-state index is 15.0. The lowest BCUT2D eigenvalue weighted by Gasteiger charge is -2.36. The van der Waals surface area contributed by atoms with Crippen molar-refractivity contribution >= 4 is 24.2 Å². The van der Waals surface area contributed by atoms with E-state index in [4.69, 9.17) is 0 Å². The molecule has 2 aliphatic rings. The van der Waals surface area contributed by atoms with Gasteiger partial charge in [-0.25, -0.2) is 13.2 Å². The first-order valence-corrected chi connectivity index (χ1v) is 16.7. The van der Waals surface area contributed by atoms with Crippen molar-refractivity contribution in [2.45, 2.75) is 95.1 Å². The zero-order valence-corrected chi connectivity index (χ0v) is 28.7. The number of rotatable bonds is 14. The van der Waals surface area contributed by atoms with Crippen molar-refractivity contribution in [2.75, 3.05) is 13.1 Å². The fraction of sp³-hybridized carbons (Fsp3) is 0.459. The third-order valence-electron chi connectivity index (χ3n) is 9.54. The van der Waals surface area contributed by atoms with Gasteiger partial charge in [-0.2, -0.15) is 13.2 Å². The van der Waals surface area contributed by atoms with Crippen LogP contribution in [-0.2, 0) is 24.6 Å². The molecule has 1 aliphatic heterocycles. The number of carbonyl (C=O) groups excluding carboxylic acids is 2. The van der Waals surface area contributed by atoms with Crippen LogP contribution < -0.4 is 10.6 Å². The zero-order chi connectivity index (χ0) is 35.5. The largest absolute Gasteiger partial charge is 0.416 e. The summed E-state index contributed by atoms with van der Waals surface area (Å²) in [5.74, 6) is -3.65. The average molecular weight is 726 g/mol. The minimum atomic E-state index is -4.53. The normalized spacial score (nSPS) is 16.4. The number of hydrogen-bond acceptors (Lipinski definition) is 4. The van der Waals surface area contributed by atoms with Crippen molar-refractivity contribution in [3.63, 3.8) is 0 Å². The van der Waals surface area contributed by atoms with Gasteiger partial charge in [0.2, 0.25) is 0 Å². The summed E-state index contributed by atoms with van der Waals surface area (Å²) in [6.45, 7) is 4.21. The molecule has 13 heteroatoms. The van der Waals surface area contributed by atoms with Gasteiger partial charge in [0, 0.05) is 41.9 Å². The third kappa shape index (κ3) is 8.99. The summed E-state index contributed by atoms with van der Waals surface area (Å²) in [6, 6.07) is 8.72. The molecule has 3 aromatic rings. The molecule has 1 fully saturated rings. The Bertz CT molecular complexity index is 1660. The number of aliphatic hydroxyl groups excluding tert-OH is 1. The molecule has 50 heavy (non-hydrogen) atoms. The predicted molar refractivity (Wildman–Crippen MR) is 180 cm³/mol. The van der Waals surface area contributed by atoms with E-state index in [-0.39, 0.29) is 54.0 Å². The molecule has 5 rings (SSSR count). The van der Waals surface area contributed by atoms with E-state index in [2.05, 4.69) is 10.6 Å². The summed E-state index contributed by atoms with van der Waals surface area (Å²) < 4.78 is 83.4. The van der Waals surface area contributed by atoms with Gasteiger partial charge < -0.3 is 20.6 Å². The molecule has 0 aromatic heterocycles. The van der Waals surface area contributed by atoms with Crippen LogP contribution in [0, 0.1) is 17.5 Å². The van der Waals surface area contributed by atoms with Crippen molar-refractivity contribution in [3.8, 4) is 0 Å². The number of hydrogen-bond donors (Lipinski definition) is 3. The van der Waals surface area contributed by atoms with Gasteiger partial charge in [0.25, 0.3) is 11.8 Å². The van der Waals surface area contributed by atoms with Crippen LogP contribution in [0.2, 0.25) is 0 Å². The molecule has 0 unspecified atom stereocenters. The van der Waals surface area contributed by atoms with E-state index < -0.39 is 52.8 Å². The fourth-order valence-corrected chi connectivity index (χ4v) is 6.90. The number of nitrogens with zero attached hydrogens (tertiary/aromatic N) is 1. The zero-order valence-electron chi connectivity index (χ0n) is 27.9. The summed E-state index contributed by atoms with van der Waals surface area (Å²) in [7, 11) is 0. The Morgan fingerprint density at radius 3 is 2.20 bits per heavy atom. The van der Waals surface area contributed by atoms with E-state index in [0.29, 0.717) is 43.0 Å². The van der Waals surface area contributed by atoms with Crippen molar-refractivity contribution < 1.29 is 41.0 Å². The molecule has 0 spiro atoms. The fourth-order valence-electron chi connectivity index (χ4n) is 6.90.